The normalized spacial score (nSPS) is 10.3. The van der Waals surface area contributed by atoms with Crippen molar-refractivity contribution in [3.05, 3.63) is 45.4 Å². The number of nitrogens with zero attached hydrogens (tertiary/aromatic N) is 1. The van der Waals surface area contributed by atoms with Crippen molar-refractivity contribution in [3.63, 3.8) is 0 Å². The molecule has 1 heterocycles. The van der Waals surface area contributed by atoms with Gasteiger partial charge in [0, 0.05) is 16.6 Å². The quantitative estimate of drug-likeness (QED) is 0.892. The van der Waals surface area contributed by atoms with Crippen LogP contribution in [0.5, 0.6) is 5.75 Å². The molecule has 1 aromatic heterocycles. The van der Waals surface area contributed by atoms with E-state index in [1.165, 1.54) is 6.07 Å². The molecule has 0 unspecified atom stereocenters. The standard InChI is InChI=1S/C13H14N2O2S/c1-8-5-10(16)3-4-12(8)13(17)15-7-11-6-14-9(2)18-11/h3-6,16H,7H2,1-2H3,(H,15,17). The fourth-order valence-corrected chi connectivity index (χ4v) is 2.39. The second kappa shape index (κ2) is 5.18. The average molecular weight is 262 g/mol. The molecule has 4 nitrogen and oxygen atoms in total. The third-order valence-corrected chi connectivity index (χ3v) is 3.46. The summed E-state index contributed by atoms with van der Waals surface area (Å²) in [4.78, 5) is 17.1. The Balaban J connectivity index is 2.03. The summed E-state index contributed by atoms with van der Waals surface area (Å²) >= 11 is 1.57. The van der Waals surface area contributed by atoms with Gasteiger partial charge in [0.1, 0.15) is 5.75 Å². The van der Waals surface area contributed by atoms with Crippen LogP contribution < -0.4 is 5.32 Å². The van der Waals surface area contributed by atoms with E-state index in [0.717, 1.165) is 15.4 Å². The van der Waals surface area contributed by atoms with Crippen molar-refractivity contribution in [3.8, 4) is 5.75 Å². The van der Waals surface area contributed by atoms with E-state index in [9.17, 15) is 9.90 Å². The predicted molar refractivity (Wildman–Crippen MR) is 70.9 cm³/mol. The summed E-state index contributed by atoms with van der Waals surface area (Å²) < 4.78 is 0. The van der Waals surface area contributed by atoms with E-state index < -0.39 is 0 Å². The van der Waals surface area contributed by atoms with Gasteiger partial charge < -0.3 is 10.4 Å². The first-order valence-corrected chi connectivity index (χ1v) is 6.37. The lowest BCUT2D eigenvalue weighted by Gasteiger charge is -2.06. The van der Waals surface area contributed by atoms with E-state index in [2.05, 4.69) is 10.3 Å². The Morgan fingerprint density at radius 1 is 1.44 bits per heavy atom. The van der Waals surface area contributed by atoms with E-state index in [0.29, 0.717) is 12.1 Å². The average Bonchev–Trinajstić information content (AvgIpc) is 2.72. The number of thiazole rings is 1. The Morgan fingerprint density at radius 3 is 2.83 bits per heavy atom. The minimum Gasteiger partial charge on any atom is -0.508 e. The minimum atomic E-state index is -0.140. The first-order valence-electron chi connectivity index (χ1n) is 5.55. The molecule has 0 aliphatic heterocycles. The Bertz CT molecular complexity index is 578. The van der Waals surface area contributed by atoms with Crippen molar-refractivity contribution in [2.45, 2.75) is 20.4 Å². The predicted octanol–water partition coefficient (Wildman–Crippen LogP) is 2.40. The summed E-state index contributed by atoms with van der Waals surface area (Å²) in [5, 5.41) is 13.1. The van der Waals surface area contributed by atoms with Gasteiger partial charge in [0.15, 0.2) is 0 Å². The lowest BCUT2D eigenvalue weighted by molar-refractivity contribution is 0.0950. The number of hydrogen-bond donors (Lipinski definition) is 2. The molecule has 0 bridgehead atoms. The number of nitrogens with one attached hydrogen (secondary N) is 1. The molecule has 0 aliphatic rings. The molecule has 5 heteroatoms. The number of aromatic hydroxyl groups is 1. The van der Waals surface area contributed by atoms with Crippen LogP contribution in [0.3, 0.4) is 0 Å². The third-order valence-electron chi connectivity index (χ3n) is 2.55. The van der Waals surface area contributed by atoms with E-state index in [4.69, 9.17) is 0 Å². The number of amides is 1. The molecule has 0 atom stereocenters. The van der Waals surface area contributed by atoms with Gasteiger partial charge >= 0.3 is 0 Å². The highest BCUT2D eigenvalue weighted by atomic mass is 32.1. The summed E-state index contributed by atoms with van der Waals surface area (Å²) in [7, 11) is 0. The lowest BCUT2D eigenvalue weighted by atomic mass is 10.1. The molecule has 0 aliphatic carbocycles. The first-order chi connectivity index (χ1) is 8.56. The summed E-state index contributed by atoms with van der Waals surface area (Å²) in [6.45, 7) is 4.20. The van der Waals surface area contributed by atoms with Crippen molar-refractivity contribution in [1.29, 1.82) is 0 Å². The number of hydrogen-bond acceptors (Lipinski definition) is 4. The molecular weight excluding hydrogens is 248 g/mol. The number of aryl methyl sites for hydroxylation is 2. The van der Waals surface area contributed by atoms with Gasteiger partial charge in [0.25, 0.3) is 5.91 Å². The zero-order chi connectivity index (χ0) is 13.1. The maximum atomic E-state index is 11.9. The van der Waals surface area contributed by atoms with Crippen LogP contribution in [-0.4, -0.2) is 16.0 Å². The topological polar surface area (TPSA) is 62.2 Å². The van der Waals surface area contributed by atoms with Gasteiger partial charge in [-0.15, -0.1) is 11.3 Å². The van der Waals surface area contributed by atoms with Crippen LogP contribution in [0.1, 0.15) is 25.8 Å². The highest BCUT2D eigenvalue weighted by Crippen LogP contribution is 2.16. The Morgan fingerprint density at radius 2 is 2.22 bits per heavy atom. The minimum absolute atomic E-state index is 0.140. The largest absolute Gasteiger partial charge is 0.508 e. The summed E-state index contributed by atoms with van der Waals surface area (Å²) in [5.41, 5.74) is 1.34. The van der Waals surface area contributed by atoms with Crippen LogP contribution >= 0.6 is 11.3 Å². The maximum Gasteiger partial charge on any atom is 0.251 e. The second-order valence-electron chi connectivity index (χ2n) is 4.03. The van der Waals surface area contributed by atoms with E-state index >= 15 is 0 Å². The molecule has 2 aromatic rings. The van der Waals surface area contributed by atoms with Crippen molar-refractivity contribution in [2.75, 3.05) is 0 Å². The molecule has 0 spiro atoms. The van der Waals surface area contributed by atoms with Crippen LogP contribution in [0.2, 0.25) is 0 Å². The maximum absolute atomic E-state index is 11.9. The zero-order valence-electron chi connectivity index (χ0n) is 10.2. The van der Waals surface area contributed by atoms with Crippen LogP contribution in [-0.2, 0) is 6.54 Å². The molecule has 0 saturated carbocycles. The van der Waals surface area contributed by atoms with Gasteiger partial charge in [0.05, 0.1) is 11.6 Å². The third kappa shape index (κ3) is 2.87. The highest BCUT2D eigenvalue weighted by molar-refractivity contribution is 7.11. The number of benzene rings is 1. The van der Waals surface area contributed by atoms with Gasteiger partial charge in [-0.3, -0.25) is 4.79 Å². The van der Waals surface area contributed by atoms with Gasteiger partial charge in [-0.1, -0.05) is 0 Å². The number of phenols is 1. The van der Waals surface area contributed by atoms with Crippen LogP contribution in [0, 0.1) is 13.8 Å². The summed E-state index contributed by atoms with van der Waals surface area (Å²) in [6, 6.07) is 4.71. The molecule has 1 amide bonds. The van der Waals surface area contributed by atoms with E-state index in [-0.39, 0.29) is 11.7 Å². The van der Waals surface area contributed by atoms with E-state index in [1.807, 2.05) is 6.92 Å². The van der Waals surface area contributed by atoms with Crippen LogP contribution in [0.15, 0.2) is 24.4 Å². The highest BCUT2D eigenvalue weighted by Gasteiger charge is 2.09. The Kier molecular flexibility index (Phi) is 3.62. The van der Waals surface area contributed by atoms with Gasteiger partial charge in [-0.05, 0) is 37.6 Å². The second-order valence-corrected chi connectivity index (χ2v) is 5.35. The van der Waals surface area contributed by atoms with Crippen molar-refractivity contribution in [2.24, 2.45) is 0 Å². The fraction of sp³-hybridized carbons (Fsp3) is 0.231. The van der Waals surface area contributed by atoms with Crippen LogP contribution in [0.4, 0.5) is 0 Å². The van der Waals surface area contributed by atoms with Crippen molar-refractivity contribution in [1.82, 2.24) is 10.3 Å². The fourth-order valence-electron chi connectivity index (χ4n) is 1.65. The monoisotopic (exact) mass is 262 g/mol. The zero-order valence-corrected chi connectivity index (χ0v) is 11.0. The number of rotatable bonds is 3. The Hall–Kier alpha value is -1.88. The number of aromatic nitrogens is 1. The molecule has 94 valence electrons. The van der Waals surface area contributed by atoms with Gasteiger partial charge in [-0.25, -0.2) is 4.98 Å². The molecule has 1 aromatic carbocycles. The molecule has 2 N–H and O–H groups in total. The van der Waals surface area contributed by atoms with Gasteiger partial charge in [0.2, 0.25) is 0 Å². The SMILES string of the molecule is Cc1ncc(CNC(=O)c2ccc(O)cc2C)s1. The molecule has 0 fully saturated rings. The molecular formula is C13H14N2O2S. The smallest absolute Gasteiger partial charge is 0.251 e. The molecule has 2 rings (SSSR count). The van der Waals surface area contributed by atoms with Crippen LogP contribution in [0.25, 0.3) is 0 Å². The van der Waals surface area contributed by atoms with Gasteiger partial charge in [-0.2, -0.15) is 0 Å². The molecule has 0 saturated heterocycles. The Labute approximate surface area is 109 Å². The van der Waals surface area contributed by atoms with Crippen molar-refractivity contribution < 1.29 is 9.90 Å². The molecule has 0 radical (unpaired) electrons. The van der Waals surface area contributed by atoms with Crippen molar-refractivity contribution >= 4 is 17.2 Å². The summed E-state index contributed by atoms with van der Waals surface area (Å²) in [5.74, 6) is 0.0284. The number of phenolic OH excluding ortho intramolecular Hbond substituents is 1. The number of carbonyl (C=O) groups is 1. The molecule has 18 heavy (non-hydrogen) atoms. The lowest BCUT2D eigenvalue weighted by Crippen LogP contribution is -2.23. The van der Waals surface area contributed by atoms with E-state index in [1.54, 1.807) is 36.6 Å². The number of carbonyl (C=O) groups excluding carboxylic acids is 1. The first kappa shape index (κ1) is 12.6. The summed E-state index contributed by atoms with van der Waals surface area (Å²) in [6.07, 6.45) is 1.77.